The largest absolute Gasteiger partial charge is 0.416 e. The number of carbonyl (C=O) groups excluding carboxylic acids is 2. The first kappa shape index (κ1) is 20.1. The van der Waals surface area contributed by atoms with Gasteiger partial charge in [0.2, 0.25) is 0 Å². The van der Waals surface area contributed by atoms with Crippen molar-refractivity contribution in [3.8, 4) is 5.69 Å². The fraction of sp³-hybridized carbons (Fsp3) is 0.450. The van der Waals surface area contributed by atoms with E-state index in [1.165, 1.54) is 16.8 Å². The van der Waals surface area contributed by atoms with Crippen molar-refractivity contribution in [2.45, 2.75) is 52.3 Å². The average molecular weight is 393 g/mol. The summed E-state index contributed by atoms with van der Waals surface area (Å²) in [6.45, 7) is 5.61. The summed E-state index contributed by atoms with van der Waals surface area (Å²) in [5.74, 6) is -1.25. The highest BCUT2D eigenvalue weighted by atomic mass is 19.4. The number of rotatable bonds is 3. The van der Waals surface area contributed by atoms with Gasteiger partial charge in [-0.2, -0.15) is 18.3 Å². The molecule has 1 aromatic heterocycles. The lowest BCUT2D eigenvalue weighted by Gasteiger charge is -2.32. The fourth-order valence-electron chi connectivity index (χ4n) is 3.67. The molecule has 150 valence electrons. The van der Waals surface area contributed by atoms with E-state index in [9.17, 15) is 22.8 Å². The van der Waals surface area contributed by atoms with Crippen molar-refractivity contribution in [3.63, 3.8) is 0 Å². The van der Waals surface area contributed by atoms with Crippen LogP contribution in [0, 0.1) is 13.8 Å². The van der Waals surface area contributed by atoms with Gasteiger partial charge in [-0.3, -0.25) is 9.59 Å². The summed E-state index contributed by atoms with van der Waals surface area (Å²) in [5, 5.41) is 4.23. The molecule has 0 N–H and O–H groups in total. The molecule has 1 aromatic carbocycles. The summed E-state index contributed by atoms with van der Waals surface area (Å²) in [4.78, 5) is 27.2. The minimum Gasteiger partial charge on any atom is -0.333 e. The number of halogens is 3. The maximum Gasteiger partial charge on any atom is 0.416 e. The lowest BCUT2D eigenvalue weighted by molar-refractivity contribution is -0.137. The Kier molecular flexibility index (Phi) is 5.32. The molecule has 2 heterocycles. The first-order chi connectivity index (χ1) is 13.1. The highest BCUT2D eigenvalue weighted by Crippen LogP contribution is 2.31. The van der Waals surface area contributed by atoms with Crippen LogP contribution in [-0.2, 0) is 11.0 Å². The molecule has 0 aliphatic carbocycles. The molecule has 28 heavy (non-hydrogen) atoms. The van der Waals surface area contributed by atoms with Crippen LogP contribution < -0.4 is 0 Å². The number of piperidine rings is 1. The van der Waals surface area contributed by atoms with Crippen molar-refractivity contribution in [1.82, 2.24) is 14.7 Å². The third-order valence-electron chi connectivity index (χ3n) is 5.19. The van der Waals surface area contributed by atoms with Crippen LogP contribution in [-0.4, -0.2) is 39.0 Å². The van der Waals surface area contributed by atoms with Gasteiger partial charge in [-0.1, -0.05) is 6.07 Å². The predicted octanol–water partition coefficient (Wildman–Crippen LogP) is 4.09. The average Bonchev–Trinajstić information content (AvgIpc) is 2.94. The molecule has 1 aliphatic rings. The van der Waals surface area contributed by atoms with E-state index in [-0.39, 0.29) is 17.3 Å². The molecule has 1 amide bonds. The molecular formula is C20H22F3N3O2. The molecule has 1 unspecified atom stereocenters. The number of benzene rings is 1. The van der Waals surface area contributed by atoms with E-state index in [2.05, 4.69) is 5.10 Å². The minimum absolute atomic E-state index is 0.00988. The Bertz CT molecular complexity index is 918. The van der Waals surface area contributed by atoms with Crippen LogP contribution in [0.5, 0.6) is 0 Å². The van der Waals surface area contributed by atoms with Gasteiger partial charge in [-0.15, -0.1) is 0 Å². The van der Waals surface area contributed by atoms with Crippen LogP contribution in [0.1, 0.15) is 53.5 Å². The van der Waals surface area contributed by atoms with E-state index in [1.807, 2.05) is 6.92 Å². The Hall–Kier alpha value is -2.64. The molecule has 0 bridgehead atoms. The summed E-state index contributed by atoms with van der Waals surface area (Å²) in [7, 11) is 0. The van der Waals surface area contributed by atoms with Crippen molar-refractivity contribution in [2.75, 3.05) is 6.54 Å². The molecule has 0 radical (unpaired) electrons. The van der Waals surface area contributed by atoms with Crippen LogP contribution in [0.2, 0.25) is 0 Å². The molecule has 0 spiro atoms. The number of carbonyl (C=O) groups is 2. The van der Waals surface area contributed by atoms with Crippen molar-refractivity contribution in [1.29, 1.82) is 0 Å². The summed E-state index contributed by atoms with van der Waals surface area (Å²) in [6.07, 6.45) is -1.76. The second-order valence-corrected chi connectivity index (χ2v) is 7.18. The normalized spacial score (nSPS) is 17.6. The Morgan fingerprint density at radius 1 is 1.18 bits per heavy atom. The SMILES string of the molecule is Cc1nn(-c2cccc(C(F)(F)F)c2)c(C)c1C(=O)C(=O)N1CCCCC1C. The zero-order chi connectivity index (χ0) is 20.6. The molecule has 2 aromatic rings. The summed E-state index contributed by atoms with van der Waals surface area (Å²) < 4.78 is 40.3. The van der Waals surface area contributed by atoms with E-state index >= 15 is 0 Å². The first-order valence-corrected chi connectivity index (χ1v) is 9.20. The zero-order valence-corrected chi connectivity index (χ0v) is 16.0. The zero-order valence-electron chi connectivity index (χ0n) is 16.0. The molecule has 8 heteroatoms. The Morgan fingerprint density at radius 3 is 2.54 bits per heavy atom. The monoisotopic (exact) mass is 393 g/mol. The molecule has 3 rings (SSSR count). The van der Waals surface area contributed by atoms with Crippen molar-refractivity contribution in [3.05, 3.63) is 46.8 Å². The number of amides is 1. The van der Waals surface area contributed by atoms with Crippen molar-refractivity contribution >= 4 is 11.7 Å². The summed E-state index contributed by atoms with van der Waals surface area (Å²) in [5.41, 5.74) is 0.204. The number of alkyl halides is 3. The number of hydrogen-bond acceptors (Lipinski definition) is 3. The third kappa shape index (κ3) is 3.68. The van der Waals surface area contributed by atoms with Gasteiger partial charge in [0.05, 0.1) is 28.2 Å². The molecule has 0 saturated carbocycles. The highest BCUT2D eigenvalue weighted by molar-refractivity contribution is 6.43. The molecule has 1 aliphatic heterocycles. The second kappa shape index (κ2) is 7.41. The van der Waals surface area contributed by atoms with Crippen LogP contribution in [0.3, 0.4) is 0 Å². The number of likely N-dealkylation sites (tertiary alicyclic amines) is 1. The van der Waals surface area contributed by atoms with E-state index in [1.54, 1.807) is 18.7 Å². The molecule has 1 atom stereocenters. The van der Waals surface area contributed by atoms with E-state index in [0.717, 1.165) is 31.4 Å². The van der Waals surface area contributed by atoms with Gasteiger partial charge >= 0.3 is 6.18 Å². The quantitative estimate of drug-likeness (QED) is 0.583. The number of Topliss-reactive ketones (excluding diaryl/α,β-unsaturated/α-hetero) is 1. The Labute approximate surface area is 161 Å². The van der Waals surface area contributed by atoms with E-state index in [4.69, 9.17) is 0 Å². The number of aryl methyl sites for hydroxylation is 1. The maximum absolute atomic E-state index is 13.0. The molecular weight excluding hydrogens is 371 g/mol. The van der Waals surface area contributed by atoms with E-state index in [0.29, 0.717) is 17.9 Å². The highest BCUT2D eigenvalue weighted by Gasteiger charge is 2.33. The maximum atomic E-state index is 13.0. The van der Waals surface area contributed by atoms with Crippen LogP contribution in [0.4, 0.5) is 13.2 Å². The lowest BCUT2D eigenvalue weighted by atomic mass is 10.0. The number of ketones is 1. The summed E-state index contributed by atoms with van der Waals surface area (Å²) >= 11 is 0. The van der Waals surface area contributed by atoms with E-state index < -0.39 is 23.4 Å². The van der Waals surface area contributed by atoms with Gasteiger partial charge in [0.1, 0.15) is 0 Å². The topological polar surface area (TPSA) is 55.2 Å². The lowest BCUT2D eigenvalue weighted by Crippen LogP contribution is -2.45. The van der Waals surface area contributed by atoms with Crippen LogP contribution in [0.15, 0.2) is 24.3 Å². The minimum atomic E-state index is -4.48. The molecule has 1 saturated heterocycles. The molecule has 5 nitrogen and oxygen atoms in total. The van der Waals surface area contributed by atoms with Gasteiger partial charge < -0.3 is 4.90 Å². The predicted molar refractivity (Wildman–Crippen MR) is 97.4 cm³/mol. The number of aromatic nitrogens is 2. The fourth-order valence-corrected chi connectivity index (χ4v) is 3.67. The van der Waals surface area contributed by atoms with Gasteiger partial charge in [-0.25, -0.2) is 4.68 Å². The number of hydrogen-bond donors (Lipinski definition) is 0. The standard InChI is InChI=1S/C20H22F3N3O2/c1-12-7-4-5-10-25(12)19(28)18(27)17-13(2)24-26(14(17)3)16-9-6-8-15(11-16)20(21,22)23/h6,8-9,11-12H,4-5,7,10H2,1-3H3. The summed E-state index contributed by atoms with van der Waals surface area (Å²) in [6, 6.07) is 4.71. The first-order valence-electron chi connectivity index (χ1n) is 9.20. The Morgan fingerprint density at radius 2 is 1.89 bits per heavy atom. The van der Waals surface area contributed by atoms with Crippen molar-refractivity contribution < 1.29 is 22.8 Å². The Balaban J connectivity index is 1.96. The molecule has 1 fully saturated rings. The van der Waals surface area contributed by atoms with Crippen LogP contribution in [0.25, 0.3) is 5.69 Å². The van der Waals surface area contributed by atoms with Gasteiger partial charge in [0, 0.05) is 12.6 Å². The van der Waals surface area contributed by atoms with Crippen molar-refractivity contribution in [2.24, 2.45) is 0 Å². The van der Waals surface area contributed by atoms with Gasteiger partial charge in [0.15, 0.2) is 0 Å². The third-order valence-corrected chi connectivity index (χ3v) is 5.19. The number of nitrogens with zero attached hydrogens (tertiary/aromatic N) is 3. The second-order valence-electron chi connectivity index (χ2n) is 7.18. The van der Waals surface area contributed by atoms with Gasteiger partial charge in [-0.05, 0) is 58.2 Å². The van der Waals surface area contributed by atoms with Crippen LogP contribution >= 0.6 is 0 Å². The smallest absolute Gasteiger partial charge is 0.333 e. The van der Waals surface area contributed by atoms with Gasteiger partial charge in [0.25, 0.3) is 11.7 Å².